The molecule has 0 fully saturated rings. The summed E-state index contributed by atoms with van der Waals surface area (Å²) in [4.78, 5) is 0. The van der Waals surface area contributed by atoms with Crippen molar-refractivity contribution in [2.45, 2.75) is 13.8 Å². The predicted octanol–water partition coefficient (Wildman–Crippen LogP) is 6.28. The first-order chi connectivity index (χ1) is 10.7. The minimum absolute atomic E-state index is 1.30. The summed E-state index contributed by atoms with van der Waals surface area (Å²) in [6.45, 7) is 4.43. The topological polar surface area (TPSA) is 0 Å². The first kappa shape index (κ1) is 13.1. The summed E-state index contributed by atoms with van der Waals surface area (Å²) in [6.07, 6.45) is 0. The lowest BCUT2D eigenvalue weighted by atomic mass is 9.89. The normalized spacial score (nSPS) is 11.2. The van der Waals surface area contributed by atoms with E-state index in [1.165, 1.54) is 43.8 Å². The van der Waals surface area contributed by atoms with Crippen LogP contribution in [0.15, 0.2) is 72.8 Å². The number of benzene rings is 4. The number of hydrogen-bond acceptors (Lipinski definition) is 0. The molecule has 0 amide bonds. The highest BCUT2D eigenvalue weighted by Gasteiger charge is 2.10. The van der Waals surface area contributed by atoms with Gasteiger partial charge in [-0.05, 0) is 69.8 Å². The van der Waals surface area contributed by atoms with E-state index in [1.54, 1.807) is 0 Å². The molecule has 22 heavy (non-hydrogen) atoms. The summed E-state index contributed by atoms with van der Waals surface area (Å²) in [7, 11) is 0. The van der Waals surface area contributed by atoms with Gasteiger partial charge in [0.15, 0.2) is 0 Å². The molecule has 0 N–H and O–H groups in total. The molecule has 0 spiro atoms. The Hall–Kier alpha value is -2.60. The van der Waals surface area contributed by atoms with Gasteiger partial charge in [-0.1, -0.05) is 60.7 Å². The van der Waals surface area contributed by atoms with Gasteiger partial charge in [-0.2, -0.15) is 0 Å². The van der Waals surface area contributed by atoms with E-state index in [0.717, 1.165) is 0 Å². The molecule has 106 valence electrons. The summed E-state index contributed by atoms with van der Waals surface area (Å²) >= 11 is 0. The molecule has 0 saturated heterocycles. The lowest BCUT2D eigenvalue weighted by molar-refractivity contribution is 1.36. The molecule has 0 heterocycles. The van der Waals surface area contributed by atoms with Crippen molar-refractivity contribution < 1.29 is 0 Å². The Morgan fingerprint density at radius 2 is 1.23 bits per heavy atom. The average molecular weight is 282 g/mol. The highest BCUT2D eigenvalue weighted by molar-refractivity contribution is 6.06. The molecule has 0 unspecified atom stereocenters. The van der Waals surface area contributed by atoms with Crippen LogP contribution in [-0.2, 0) is 0 Å². The van der Waals surface area contributed by atoms with E-state index < -0.39 is 0 Å². The molecule has 0 bridgehead atoms. The lowest BCUT2D eigenvalue weighted by Gasteiger charge is -2.15. The van der Waals surface area contributed by atoms with E-state index in [0.29, 0.717) is 0 Å². The molecule has 0 radical (unpaired) electrons. The number of aryl methyl sites for hydroxylation is 1. The van der Waals surface area contributed by atoms with Crippen LogP contribution in [0.3, 0.4) is 0 Å². The number of hydrogen-bond donors (Lipinski definition) is 0. The quantitative estimate of drug-likeness (QED) is 0.360. The van der Waals surface area contributed by atoms with Crippen LogP contribution in [0.4, 0.5) is 0 Å². The van der Waals surface area contributed by atoms with Gasteiger partial charge in [0.1, 0.15) is 0 Å². The fourth-order valence-electron chi connectivity index (χ4n) is 3.31. The SMILES string of the molecule is Cc1cc2cc3ccccc3cc2c(-c2ccccc2)c1C. The van der Waals surface area contributed by atoms with Gasteiger partial charge >= 0.3 is 0 Å². The Morgan fingerprint density at radius 1 is 0.591 bits per heavy atom. The standard InChI is InChI=1S/C22H18/c1-15-12-20-13-18-10-6-7-11-19(18)14-21(20)22(16(15)2)17-8-4-3-5-9-17/h3-14H,1-2H3. The zero-order valence-corrected chi connectivity index (χ0v) is 12.9. The van der Waals surface area contributed by atoms with Crippen LogP contribution in [0.1, 0.15) is 11.1 Å². The molecule has 0 saturated carbocycles. The summed E-state index contributed by atoms with van der Waals surface area (Å²) in [5.41, 5.74) is 5.38. The van der Waals surface area contributed by atoms with E-state index in [1.807, 2.05) is 0 Å². The van der Waals surface area contributed by atoms with Crippen LogP contribution in [0.2, 0.25) is 0 Å². The Balaban J connectivity index is 2.17. The Kier molecular flexibility index (Phi) is 2.97. The van der Waals surface area contributed by atoms with Crippen LogP contribution >= 0.6 is 0 Å². The molecule has 0 atom stereocenters. The molecule has 0 aliphatic rings. The van der Waals surface area contributed by atoms with Crippen molar-refractivity contribution in [1.82, 2.24) is 0 Å². The van der Waals surface area contributed by atoms with Crippen molar-refractivity contribution >= 4 is 21.5 Å². The van der Waals surface area contributed by atoms with Crippen LogP contribution in [0, 0.1) is 13.8 Å². The van der Waals surface area contributed by atoms with Gasteiger partial charge in [0.2, 0.25) is 0 Å². The van der Waals surface area contributed by atoms with Gasteiger partial charge in [-0.25, -0.2) is 0 Å². The van der Waals surface area contributed by atoms with E-state index in [-0.39, 0.29) is 0 Å². The fourth-order valence-corrected chi connectivity index (χ4v) is 3.31. The van der Waals surface area contributed by atoms with Crippen molar-refractivity contribution in [2.24, 2.45) is 0 Å². The third kappa shape index (κ3) is 2.00. The minimum Gasteiger partial charge on any atom is -0.0622 e. The maximum atomic E-state index is 2.33. The molecule has 0 aliphatic heterocycles. The average Bonchev–Trinajstić information content (AvgIpc) is 2.55. The lowest BCUT2D eigenvalue weighted by Crippen LogP contribution is -1.90. The van der Waals surface area contributed by atoms with Crippen LogP contribution < -0.4 is 0 Å². The first-order valence-corrected chi connectivity index (χ1v) is 7.72. The predicted molar refractivity (Wildman–Crippen MR) is 96.4 cm³/mol. The van der Waals surface area contributed by atoms with E-state index in [4.69, 9.17) is 0 Å². The molecule has 4 aromatic rings. The van der Waals surface area contributed by atoms with Gasteiger partial charge in [-0.15, -0.1) is 0 Å². The zero-order valence-electron chi connectivity index (χ0n) is 12.9. The number of fused-ring (bicyclic) bond motifs is 2. The third-order valence-corrected chi connectivity index (χ3v) is 4.59. The van der Waals surface area contributed by atoms with E-state index in [2.05, 4.69) is 86.6 Å². The van der Waals surface area contributed by atoms with Gasteiger partial charge in [-0.3, -0.25) is 0 Å². The highest BCUT2D eigenvalue weighted by atomic mass is 14.1. The van der Waals surface area contributed by atoms with Crippen molar-refractivity contribution in [1.29, 1.82) is 0 Å². The maximum Gasteiger partial charge on any atom is -0.00733 e. The Morgan fingerprint density at radius 3 is 1.95 bits per heavy atom. The summed E-state index contributed by atoms with van der Waals surface area (Å²) in [5.74, 6) is 0. The van der Waals surface area contributed by atoms with E-state index >= 15 is 0 Å². The molecule has 4 rings (SSSR count). The molecule has 0 nitrogen and oxygen atoms in total. The van der Waals surface area contributed by atoms with E-state index in [9.17, 15) is 0 Å². The van der Waals surface area contributed by atoms with Crippen molar-refractivity contribution in [3.05, 3.63) is 83.9 Å². The summed E-state index contributed by atoms with van der Waals surface area (Å²) in [5, 5.41) is 5.27. The zero-order chi connectivity index (χ0) is 15.1. The van der Waals surface area contributed by atoms with Gasteiger partial charge in [0.05, 0.1) is 0 Å². The van der Waals surface area contributed by atoms with Gasteiger partial charge < -0.3 is 0 Å². The molecular weight excluding hydrogens is 264 g/mol. The summed E-state index contributed by atoms with van der Waals surface area (Å²) < 4.78 is 0. The minimum atomic E-state index is 1.30. The molecule has 4 aromatic carbocycles. The van der Waals surface area contributed by atoms with Crippen molar-refractivity contribution in [2.75, 3.05) is 0 Å². The van der Waals surface area contributed by atoms with Gasteiger partial charge in [0, 0.05) is 0 Å². The third-order valence-electron chi connectivity index (χ3n) is 4.59. The monoisotopic (exact) mass is 282 g/mol. The second-order valence-electron chi connectivity index (χ2n) is 5.98. The van der Waals surface area contributed by atoms with Crippen LogP contribution in [0.5, 0.6) is 0 Å². The summed E-state index contributed by atoms with van der Waals surface area (Å²) in [6, 6.07) is 26.3. The first-order valence-electron chi connectivity index (χ1n) is 7.72. The van der Waals surface area contributed by atoms with Crippen LogP contribution in [0.25, 0.3) is 32.7 Å². The Bertz CT molecular complexity index is 979. The largest absolute Gasteiger partial charge is 0.0622 e. The maximum absolute atomic E-state index is 2.33. The smallest absolute Gasteiger partial charge is 0.00733 e. The molecule has 0 aromatic heterocycles. The van der Waals surface area contributed by atoms with Crippen molar-refractivity contribution in [3.63, 3.8) is 0 Å². The second kappa shape index (κ2) is 4.99. The fraction of sp³-hybridized carbons (Fsp3) is 0.0909. The highest BCUT2D eigenvalue weighted by Crippen LogP contribution is 2.36. The van der Waals surface area contributed by atoms with Crippen molar-refractivity contribution in [3.8, 4) is 11.1 Å². The molecule has 0 aliphatic carbocycles. The molecule has 0 heteroatoms. The number of rotatable bonds is 1. The Labute approximate surface area is 131 Å². The van der Waals surface area contributed by atoms with Crippen LogP contribution in [-0.4, -0.2) is 0 Å². The van der Waals surface area contributed by atoms with Gasteiger partial charge in [0.25, 0.3) is 0 Å². The second-order valence-corrected chi connectivity index (χ2v) is 5.98. The molecular formula is C22H18.